The molecule has 0 spiro atoms. The molecule has 4 rings (SSSR count). The third kappa shape index (κ3) is 4.84. The molecule has 0 saturated heterocycles. The molecule has 0 saturated carbocycles. The fourth-order valence-electron chi connectivity index (χ4n) is 3.82. The van der Waals surface area contributed by atoms with Gasteiger partial charge in [-0.25, -0.2) is 0 Å². The van der Waals surface area contributed by atoms with Crippen molar-refractivity contribution in [2.24, 2.45) is 5.73 Å². The number of aryl methyl sites for hydroxylation is 1. The quantitative estimate of drug-likeness (QED) is 0.372. The maximum absolute atomic E-state index is 12.0. The van der Waals surface area contributed by atoms with Crippen LogP contribution in [-0.4, -0.2) is 12.6 Å². The van der Waals surface area contributed by atoms with Gasteiger partial charge in [0.1, 0.15) is 17.9 Å². The summed E-state index contributed by atoms with van der Waals surface area (Å²) in [5, 5.41) is 1.01. The molecule has 1 heterocycles. The topological polar surface area (TPSA) is 74.7 Å². The molecule has 0 fully saturated rings. The van der Waals surface area contributed by atoms with Crippen LogP contribution in [0.3, 0.4) is 0 Å². The number of ether oxygens (including phenoxy) is 2. The van der Waals surface area contributed by atoms with E-state index in [1.54, 1.807) is 13.2 Å². The van der Waals surface area contributed by atoms with Crippen molar-refractivity contribution in [3.63, 3.8) is 0 Å². The lowest BCUT2D eigenvalue weighted by Crippen LogP contribution is -2.09. The van der Waals surface area contributed by atoms with E-state index in [1.807, 2.05) is 43.3 Å². The van der Waals surface area contributed by atoms with Crippen LogP contribution in [0.25, 0.3) is 22.1 Å². The van der Waals surface area contributed by atoms with Crippen LogP contribution in [0.5, 0.6) is 5.75 Å². The Labute approximate surface area is 187 Å². The first-order valence-corrected chi connectivity index (χ1v) is 10.7. The van der Waals surface area contributed by atoms with E-state index in [1.165, 1.54) is 0 Å². The molecule has 0 radical (unpaired) electrons. The van der Waals surface area contributed by atoms with Crippen LogP contribution in [0, 0.1) is 6.92 Å². The monoisotopic (exact) mass is 429 g/mol. The van der Waals surface area contributed by atoms with Crippen molar-refractivity contribution in [2.45, 2.75) is 33.4 Å². The second-order valence-corrected chi connectivity index (χ2v) is 7.77. The molecule has 0 bridgehead atoms. The van der Waals surface area contributed by atoms with Crippen molar-refractivity contribution in [2.75, 3.05) is 6.61 Å². The number of fused-ring (bicyclic) bond motifs is 1. The molecule has 0 amide bonds. The van der Waals surface area contributed by atoms with Gasteiger partial charge in [-0.3, -0.25) is 4.79 Å². The molecule has 0 aliphatic heterocycles. The highest BCUT2D eigenvalue weighted by Gasteiger charge is 2.13. The van der Waals surface area contributed by atoms with Crippen LogP contribution in [0.1, 0.15) is 29.2 Å². The molecule has 4 aromatic rings. The lowest BCUT2D eigenvalue weighted by Gasteiger charge is -2.13. The van der Waals surface area contributed by atoms with E-state index in [9.17, 15) is 4.79 Å². The lowest BCUT2D eigenvalue weighted by molar-refractivity contribution is -0.142. The van der Waals surface area contributed by atoms with Gasteiger partial charge in [-0.1, -0.05) is 35.9 Å². The van der Waals surface area contributed by atoms with E-state index in [0.29, 0.717) is 25.5 Å². The van der Waals surface area contributed by atoms with Gasteiger partial charge in [0.15, 0.2) is 0 Å². The number of furan rings is 1. The molecular formula is C27H27NO4. The van der Waals surface area contributed by atoms with Crippen LogP contribution >= 0.6 is 0 Å². The summed E-state index contributed by atoms with van der Waals surface area (Å²) in [5.74, 6) is 0.424. The van der Waals surface area contributed by atoms with E-state index in [2.05, 4.69) is 24.3 Å². The minimum absolute atomic E-state index is 0.183. The van der Waals surface area contributed by atoms with E-state index in [0.717, 1.165) is 44.3 Å². The second kappa shape index (κ2) is 9.71. The van der Waals surface area contributed by atoms with Gasteiger partial charge in [0, 0.05) is 23.1 Å². The van der Waals surface area contributed by atoms with Gasteiger partial charge in [0.25, 0.3) is 0 Å². The van der Waals surface area contributed by atoms with Crippen molar-refractivity contribution >= 4 is 16.9 Å². The summed E-state index contributed by atoms with van der Waals surface area (Å²) in [4.78, 5) is 12.0. The zero-order chi connectivity index (χ0) is 22.5. The standard InChI is InChI=1S/C27H27NO4/c1-3-30-26(29)15-23-11-18(2)7-8-25(23)32-17-20-13-22-9-10-31-27(22)24(14-20)21-6-4-5-19(12-21)16-28/h4-14H,3,15-17,28H2,1-2H3. The first kappa shape index (κ1) is 21.7. The smallest absolute Gasteiger partial charge is 0.310 e. The highest BCUT2D eigenvalue weighted by molar-refractivity contribution is 5.93. The van der Waals surface area contributed by atoms with Gasteiger partial charge >= 0.3 is 5.97 Å². The predicted octanol–water partition coefficient (Wildman–Crippen LogP) is 5.55. The number of hydrogen-bond donors (Lipinski definition) is 1. The van der Waals surface area contributed by atoms with Crippen LogP contribution < -0.4 is 10.5 Å². The normalized spacial score (nSPS) is 11.0. The van der Waals surface area contributed by atoms with Gasteiger partial charge < -0.3 is 19.6 Å². The molecule has 164 valence electrons. The number of rotatable bonds is 8. The minimum atomic E-state index is -0.259. The Morgan fingerprint density at radius 1 is 1.03 bits per heavy atom. The Hall–Kier alpha value is -3.57. The molecule has 1 aromatic heterocycles. The number of nitrogens with two attached hydrogens (primary N) is 1. The summed E-state index contributed by atoms with van der Waals surface area (Å²) in [7, 11) is 0. The third-order valence-electron chi connectivity index (χ3n) is 5.34. The second-order valence-electron chi connectivity index (χ2n) is 7.77. The van der Waals surface area contributed by atoms with Crippen molar-refractivity contribution in [1.82, 2.24) is 0 Å². The van der Waals surface area contributed by atoms with Crippen molar-refractivity contribution in [3.8, 4) is 16.9 Å². The van der Waals surface area contributed by atoms with Gasteiger partial charge in [0.05, 0.1) is 19.3 Å². The van der Waals surface area contributed by atoms with Gasteiger partial charge in [-0.2, -0.15) is 0 Å². The molecule has 0 atom stereocenters. The molecule has 0 aliphatic rings. The van der Waals surface area contributed by atoms with E-state index in [4.69, 9.17) is 19.6 Å². The van der Waals surface area contributed by atoms with E-state index in [-0.39, 0.29) is 12.4 Å². The molecule has 3 aromatic carbocycles. The highest BCUT2D eigenvalue weighted by Crippen LogP contribution is 2.32. The maximum Gasteiger partial charge on any atom is 0.310 e. The van der Waals surface area contributed by atoms with E-state index >= 15 is 0 Å². The van der Waals surface area contributed by atoms with Crippen LogP contribution in [0.4, 0.5) is 0 Å². The Morgan fingerprint density at radius 2 is 1.91 bits per heavy atom. The average molecular weight is 430 g/mol. The highest BCUT2D eigenvalue weighted by atomic mass is 16.5. The maximum atomic E-state index is 12.0. The number of hydrogen-bond acceptors (Lipinski definition) is 5. The summed E-state index contributed by atoms with van der Waals surface area (Å²) in [6, 6.07) is 20.1. The fourth-order valence-corrected chi connectivity index (χ4v) is 3.82. The first-order chi connectivity index (χ1) is 15.6. The van der Waals surface area contributed by atoms with Gasteiger partial charge in [-0.05, 0) is 60.9 Å². The van der Waals surface area contributed by atoms with E-state index < -0.39 is 0 Å². The average Bonchev–Trinajstić information content (AvgIpc) is 3.27. The molecule has 2 N–H and O–H groups in total. The molecular weight excluding hydrogens is 402 g/mol. The fraction of sp³-hybridized carbons (Fsp3) is 0.222. The third-order valence-corrected chi connectivity index (χ3v) is 5.34. The molecule has 0 aliphatic carbocycles. The molecule has 5 heteroatoms. The minimum Gasteiger partial charge on any atom is -0.489 e. The summed E-state index contributed by atoms with van der Waals surface area (Å²) in [5.41, 5.74) is 12.7. The Balaban J connectivity index is 1.63. The number of benzene rings is 3. The summed E-state index contributed by atoms with van der Waals surface area (Å²) < 4.78 is 17.0. The predicted molar refractivity (Wildman–Crippen MR) is 125 cm³/mol. The zero-order valence-corrected chi connectivity index (χ0v) is 18.4. The molecule has 5 nitrogen and oxygen atoms in total. The number of carbonyl (C=O) groups is 1. The van der Waals surface area contributed by atoms with Crippen molar-refractivity contribution < 1.29 is 18.7 Å². The largest absolute Gasteiger partial charge is 0.489 e. The Morgan fingerprint density at radius 3 is 2.72 bits per heavy atom. The number of esters is 1. The van der Waals surface area contributed by atoms with Crippen LogP contribution in [0.2, 0.25) is 0 Å². The summed E-state index contributed by atoms with van der Waals surface area (Å²) in [6.45, 7) is 5.00. The summed E-state index contributed by atoms with van der Waals surface area (Å²) >= 11 is 0. The van der Waals surface area contributed by atoms with Crippen LogP contribution in [0.15, 0.2) is 71.3 Å². The van der Waals surface area contributed by atoms with Gasteiger partial charge in [0.2, 0.25) is 0 Å². The zero-order valence-electron chi connectivity index (χ0n) is 18.4. The molecule has 32 heavy (non-hydrogen) atoms. The summed E-state index contributed by atoms with van der Waals surface area (Å²) in [6.07, 6.45) is 1.88. The first-order valence-electron chi connectivity index (χ1n) is 10.7. The van der Waals surface area contributed by atoms with Crippen molar-refractivity contribution in [3.05, 3.63) is 89.2 Å². The van der Waals surface area contributed by atoms with Crippen molar-refractivity contribution in [1.29, 1.82) is 0 Å². The molecule has 0 unspecified atom stereocenters. The lowest BCUT2D eigenvalue weighted by atomic mass is 9.99. The number of carbonyl (C=O) groups excluding carboxylic acids is 1. The van der Waals surface area contributed by atoms with Crippen LogP contribution in [-0.2, 0) is 29.1 Å². The Kier molecular flexibility index (Phi) is 6.57. The SMILES string of the molecule is CCOC(=O)Cc1cc(C)ccc1OCc1cc(-c2cccc(CN)c2)c2occc2c1. The van der Waals surface area contributed by atoms with Gasteiger partial charge in [-0.15, -0.1) is 0 Å². The Bertz CT molecular complexity index is 1240.